The summed E-state index contributed by atoms with van der Waals surface area (Å²) in [5.74, 6) is -0.833. The van der Waals surface area contributed by atoms with Crippen LogP contribution in [-0.2, 0) is 30.7 Å². The fourth-order valence-corrected chi connectivity index (χ4v) is 0.548. The van der Waals surface area contributed by atoms with Crippen molar-refractivity contribution in [3.05, 3.63) is 0 Å². The van der Waals surface area contributed by atoms with Crippen molar-refractivity contribution in [1.82, 2.24) is 0 Å². The molecule has 0 fully saturated rings. The van der Waals surface area contributed by atoms with E-state index in [9.17, 15) is 4.79 Å². The van der Waals surface area contributed by atoms with Gasteiger partial charge in [0.25, 0.3) is 5.97 Å². The van der Waals surface area contributed by atoms with E-state index in [0.717, 1.165) is 13.3 Å². The van der Waals surface area contributed by atoms with Crippen molar-refractivity contribution in [3.63, 3.8) is 0 Å². The van der Waals surface area contributed by atoms with Crippen molar-refractivity contribution >= 4 is 9.97 Å². The van der Waals surface area contributed by atoms with Crippen LogP contribution in [0.1, 0.15) is 26.7 Å². The van der Waals surface area contributed by atoms with Crippen LogP contribution in [0.25, 0.3) is 0 Å². The number of carboxylic acids is 1. The molecule has 0 rings (SSSR count). The topological polar surface area (TPSA) is 54.4 Å². The molecule has 0 atom stereocenters. The van der Waals surface area contributed by atoms with Crippen molar-refractivity contribution in [1.29, 1.82) is 0 Å². The average molecular weight is 239 g/mol. The molecule has 0 spiro atoms. The van der Waals surface area contributed by atoms with Gasteiger partial charge < -0.3 is 5.11 Å². The third-order valence-electron chi connectivity index (χ3n) is 0.427. The van der Waals surface area contributed by atoms with Crippen LogP contribution in [-0.4, -0.2) is 15.1 Å². The Morgan fingerprint density at radius 2 is 1.80 bits per heavy atom. The minimum atomic E-state index is -0.833. The number of hydrogen-bond acceptors (Lipinski definition) is 2. The maximum atomic E-state index is 9.96. The molecule has 0 aliphatic heterocycles. The van der Waals surface area contributed by atoms with Crippen LogP contribution in [0.5, 0.6) is 0 Å². The summed E-state index contributed by atoms with van der Waals surface area (Å²) in [6, 6.07) is 0. The van der Waals surface area contributed by atoms with E-state index in [1.807, 2.05) is 6.92 Å². The molecule has 0 aliphatic carbocycles. The molecule has 0 bridgehead atoms. The van der Waals surface area contributed by atoms with Crippen molar-refractivity contribution in [2.75, 3.05) is 0 Å². The van der Waals surface area contributed by atoms with E-state index in [4.69, 9.17) is 9.90 Å². The number of hydrogen-bond donors (Lipinski definition) is 1. The third kappa shape index (κ3) is 45.0. The zero-order valence-corrected chi connectivity index (χ0v) is 7.46. The molecule has 1 N–H and O–H groups in total. The summed E-state index contributed by atoms with van der Waals surface area (Å²) >= 11 is 2.81. The molecule has 0 unspecified atom stereocenters. The van der Waals surface area contributed by atoms with Gasteiger partial charge in [-0.1, -0.05) is 0 Å². The predicted molar refractivity (Wildman–Crippen MR) is 33.2 cm³/mol. The molecular weight excluding hydrogens is 228 g/mol. The summed E-state index contributed by atoms with van der Waals surface area (Å²) in [6.45, 7) is 3.05. The maximum absolute atomic E-state index is 9.96. The molecule has 0 amide bonds. The molecule has 0 saturated carbocycles. The van der Waals surface area contributed by atoms with E-state index in [1.165, 1.54) is 0 Å². The molecule has 10 heavy (non-hydrogen) atoms. The van der Waals surface area contributed by atoms with Crippen molar-refractivity contribution in [3.8, 4) is 0 Å². The van der Waals surface area contributed by atoms with E-state index >= 15 is 0 Å². The summed E-state index contributed by atoms with van der Waals surface area (Å²) in [7, 11) is 0. The Hall–Kier alpha value is -0.120. The number of carbonyl (C=O) groups is 2. The van der Waals surface area contributed by atoms with Gasteiger partial charge >= 0.3 is 49.6 Å². The molecule has 64 valence electrons. The molecule has 4 heteroatoms. The molecule has 0 saturated heterocycles. The number of carboxylic acid groups (broad SMARTS) is 1. The Bertz CT molecular complexity index is 108. The van der Waals surface area contributed by atoms with E-state index < -0.39 is 5.97 Å². The Kier molecular flexibility index (Phi) is 11.1. The van der Waals surface area contributed by atoms with E-state index in [2.05, 4.69) is 21.1 Å². The Morgan fingerprint density at radius 1 is 1.50 bits per heavy atom. The van der Waals surface area contributed by atoms with Gasteiger partial charge in [-0.3, -0.25) is 4.79 Å². The van der Waals surface area contributed by atoms with Crippen LogP contribution in [0.2, 0.25) is 0 Å². The fraction of sp³-hybridized carbons (Fsp3) is 0.667. The van der Waals surface area contributed by atoms with Gasteiger partial charge in [-0.25, -0.2) is 0 Å². The van der Waals surface area contributed by atoms with Crippen molar-refractivity contribution in [2.45, 2.75) is 26.7 Å². The SMILES string of the molecule is CC(=O)O.CCC[C](=O)[Ag]. The number of aliphatic carboxylic acids is 1. The van der Waals surface area contributed by atoms with E-state index in [1.54, 1.807) is 0 Å². The number of carbonyl (C=O) groups excluding carboxylic acids is 1. The summed E-state index contributed by atoms with van der Waals surface area (Å²) < 4.78 is 0.0994. The predicted octanol–water partition coefficient (Wildman–Crippen LogP) is 0.951. The minimum absolute atomic E-state index is 0.0994. The van der Waals surface area contributed by atoms with Gasteiger partial charge in [-0.15, -0.1) is 0 Å². The van der Waals surface area contributed by atoms with Gasteiger partial charge in [0.05, 0.1) is 0 Å². The summed E-state index contributed by atoms with van der Waals surface area (Å²) in [6.07, 6.45) is 1.59. The van der Waals surface area contributed by atoms with Gasteiger partial charge in [-0.2, -0.15) is 0 Å². The van der Waals surface area contributed by atoms with Crippen molar-refractivity contribution < 1.29 is 35.8 Å². The summed E-state index contributed by atoms with van der Waals surface area (Å²) in [5.41, 5.74) is 0. The standard InChI is InChI=1S/C4H7O.C2H4O2.Ag/c1-2-3-4-5;1-2(3)4;/h2-3H2,1H3;1H3,(H,3,4);. The van der Waals surface area contributed by atoms with Crippen LogP contribution in [0.15, 0.2) is 0 Å². The van der Waals surface area contributed by atoms with Crippen LogP contribution in [0.3, 0.4) is 0 Å². The zero-order chi connectivity index (χ0) is 8.57. The van der Waals surface area contributed by atoms with Gasteiger partial charge in [0.1, 0.15) is 0 Å². The molecule has 0 heterocycles. The first kappa shape index (κ1) is 12.5. The van der Waals surface area contributed by atoms with E-state index in [0.29, 0.717) is 6.42 Å². The first-order valence-electron chi connectivity index (χ1n) is 2.84. The quantitative estimate of drug-likeness (QED) is 0.730. The second-order valence-corrected chi connectivity index (χ2v) is 2.41. The molecule has 0 aromatic rings. The molecule has 0 aromatic heterocycles. The summed E-state index contributed by atoms with van der Waals surface area (Å²) in [5, 5.41) is 7.42. The van der Waals surface area contributed by atoms with Gasteiger partial charge in [0.15, 0.2) is 0 Å². The van der Waals surface area contributed by atoms with Crippen LogP contribution >= 0.6 is 0 Å². The normalized spacial score (nSPS) is 7.60. The van der Waals surface area contributed by atoms with Crippen molar-refractivity contribution in [2.24, 2.45) is 0 Å². The molecule has 0 aromatic carbocycles. The first-order chi connectivity index (χ1) is 4.50. The van der Waals surface area contributed by atoms with E-state index in [-0.39, 0.29) is 4.00 Å². The van der Waals surface area contributed by atoms with Gasteiger partial charge in [0.2, 0.25) is 0 Å². The Labute approximate surface area is 72.7 Å². The van der Waals surface area contributed by atoms with Crippen LogP contribution in [0.4, 0.5) is 0 Å². The Morgan fingerprint density at radius 3 is 1.80 bits per heavy atom. The second-order valence-electron chi connectivity index (χ2n) is 1.58. The first-order valence-corrected chi connectivity index (χ1v) is 3.58. The zero-order valence-electron chi connectivity index (χ0n) is 5.98. The van der Waals surface area contributed by atoms with Gasteiger partial charge in [-0.05, 0) is 0 Å². The second kappa shape index (κ2) is 8.88. The fourth-order valence-electron chi connectivity index (χ4n) is 0.177. The molecule has 0 radical (unpaired) electrons. The molecule has 0 aliphatic rings. The van der Waals surface area contributed by atoms with Gasteiger partial charge in [0, 0.05) is 6.92 Å². The molecule has 3 nitrogen and oxygen atoms in total. The van der Waals surface area contributed by atoms with Crippen LogP contribution in [0, 0.1) is 0 Å². The third-order valence-corrected chi connectivity index (χ3v) is 0.798. The summed E-state index contributed by atoms with van der Waals surface area (Å²) in [4.78, 5) is 19.0. The number of rotatable bonds is 2. The van der Waals surface area contributed by atoms with Crippen LogP contribution < -0.4 is 0 Å². The average Bonchev–Trinajstić information content (AvgIpc) is 1.62. The monoisotopic (exact) mass is 238 g/mol. The molecular formula is C6H11AgO3. The Balaban J connectivity index is 0.